The van der Waals surface area contributed by atoms with Gasteiger partial charge in [-0.05, 0) is 19.1 Å². The first-order valence-corrected chi connectivity index (χ1v) is 5.47. The smallest absolute Gasteiger partial charge is 0.394 e. The summed E-state index contributed by atoms with van der Waals surface area (Å²) in [6, 6.07) is 7.09. The minimum absolute atomic E-state index is 0.0446. The predicted octanol–water partition coefficient (Wildman–Crippen LogP) is 3.17. The minimum atomic E-state index is -0.562. The number of carbonyl (C=O) groups is 1. The quantitative estimate of drug-likeness (QED) is 0.787. The molecule has 0 bridgehead atoms. The van der Waals surface area contributed by atoms with Gasteiger partial charge in [-0.25, -0.2) is 9.78 Å². The summed E-state index contributed by atoms with van der Waals surface area (Å²) in [7, 11) is 0. The summed E-state index contributed by atoms with van der Waals surface area (Å²) in [5, 5.41) is 0.642. The number of esters is 1. The molecule has 0 aliphatic heterocycles. The van der Waals surface area contributed by atoms with Gasteiger partial charge in [-0.15, -0.1) is 0 Å². The van der Waals surface area contributed by atoms with Crippen LogP contribution in [0.3, 0.4) is 0 Å². The summed E-state index contributed by atoms with van der Waals surface area (Å²) in [5.41, 5.74) is 1.40. The average Bonchev–Trinajstić information content (AvgIpc) is 2.80. The minimum Gasteiger partial charge on any atom is -0.459 e. The Morgan fingerprint density at radius 1 is 1.41 bits per heavy atom. The van der Waals surface area contributed by atoms with Crippen molar-refractivity contribution >= 4 is 17.6 Å². The third-order valence-corrected chi connectivity index (χ3v) is 2.35. The molecule has 0 saturated carbocycles. The lowest BCUT2D eigenvalue weighted by molar-refractivity contribution is 0.0481. The summed E-state index contributed by atoms with van der Waals surface area (Å²) in [5.74, 6) is -0.607. The number of rotatable bonds is 3. The first-order chi connectivity index (χ1) is 8.20. The van der Waals surface area contributed by atoms with Crippen LogP contribution in [0.5, 0.6) is 0 Å². The second kappa shape index (κ2) is 5.01. The molecule has 0 radical (unpaired) electrons. The highest BCUT2D eigenvalue weighted by Gasteiger charge is 2.14. The van der Waals surface area contributed by atoms with Crippen molar-refractivity contribution in [2.24, 2.45) is 0 Å². The summed E-state index contributed by atoms with van der Waals surface area (Å²) in [6.07, 6.45) is 1.41. The highest BCUT2D eigenvalue weighted by atomic mass is 35.5. The summed E-state index contributed by atoms with van der Waals surface area (Å²) in [4.78, 5) is 15.4. The Morgan fingerprint density at radius 3 is 2.76 bits per heavy atom. The van der Waals surface area contributed by atoms with E-state index in [4.69, 9.17) is 20.8 Å². The third kappa shape index (κ3) is 2.65. The van der Waals surface area contributed by atoms with E-state index in [0.29, 0.717) is 10.7 Å². The molecule has 4 nitrogen and oxygen atoms in total. The van der Waals surface area contributed by atoms with Gasteiger partial charge in [-0.3, -0.25) is 0 Å². The summed E-state index contributed by atoms with van der Waals surface area (Å²) >= 11 is 5.78. The Kier molecular flexibility index (Phi) is 3.44. The van der Waals surface area contributed by atoms with E-state index in [1.807, 2.05) is 0 Å². The molecular formula is C12H10ClNO3. The van der Waals surface area contributed by atoms with Gasteiger partial charge in [0.2, 0.25) is 0 Å². The molecule has 1 aromatic heterocycles. The highest BCUT2D eigenvalue weighted by Crippen LogP contribution is 2.21. The number of hydrogen-bond acceptors (Lipinski definition) is 4. The Labute approximate surface area is 103 Å². The van der Waals surface area contributed by atoms with Crippen LogP contribution in [0.2, 0.25) is 5.02 Å². The van der Waals surface area contributed by atoms with Crippen LogP contribution < -0.4 is 0 Å². The second-order valence-electron chi connectivity index (χ2n) is 3.27. The zero-order valence-corrected chi connectivity index (χ0v) is 9.90. The van der Waals surface area contributed by atoms with Gasteiger partial charge in [-0.1, -0.05) is 23.7 Å². The zero-order chi connectivity index (χ0) is 12.3. The third-order valence-electron chi connectivity index (χ3n) is 2.09. The van der Waals surface area contributed by atoms with Gasteiger partial charge in [-0.2, -0.15) is 0 Å². The van der Waals surface area contributed by atoms with Gasteiger partial charge in [0.1, 0.15) is 12.0 Å². The van der Waals surface area contributed by atoms with Crippen molar-refractivity contribution in [3.05, 3.63) is 41.4 Å². The molecule has 1 aromatic carbocycles. The number of aromatic nitrogens is 1. The van der Waals surface area contributed by atoms with Crippen LogP contribution in [0.15, 0.2) is 34.9 Å². The molecule has 0 fully saturated rings. The molecule has 5 heteroatoms. The maximum Gasteiger partial charge on any atom is 0.394 e. The van der Waals surface area contributed by atoms with Crippen molar-refractivity contribution in [3.63, 3.8) is 0 Å². The monoisotopic (exact) mass is 251 g/mol. The summed E-state index contributed by atoms with van der Waals surface area (Å²) in [6.45, 7) is 2.01. The lowest BCUT2D eigenvalue weighted by atomic mass is 10.2. The molecular weight excluding hydrogens is 242 g/mol. The molecule has 0 aliphatic rings. The van der Waals surface area contributed by atoms with Crippen LogP contribution in [0.25, 0.3) is 11.3 Å². The SMILES string of the molecule is CCOC(=O)c1nc(-c2ccc(Cl)cc2)co1. The molecule has 2 aromatic rings. The lowest BCUT2D eigenvalue weighted by Gasteiger charge is -1.95. The van der Waals surface area contributed by atoms with Gasteiger partial charge < -0.3 is 9.15 Å². The molecule has 0 aliphatic carbocycles. The first-order valence-electron chi connectivity index (χ1n) is 5.09. The molecule has 0 amide bonds. The van der Waals surface area contributed by atoms with Crippen LogP contribution in [-0.4, -0.2) is 17.6 Å². The highest BCUT2D eigenvalue weighted by molar-refractivity contribution is 6.30. The summed E-state index contributed by atoms with van der Waals surface area (Å²) < 4.78 is 9.82. The number of nitrogens with zero attached hydrogens (tertiary/aromatic N) is 1. The Balaban J connectivity index is 2.23. The second-order valence-corrected chi connectivity index (χ2v) is 3.70. The van der Waals surface area contributed by atoms with Crippen molar-refractivity contribution in [1.82, 2.24) is 4.98 Å². The van der Waals surface area contributed by atoms with Gasteiger partial charge in [0.15, 0.2) is 0 Å². The maximum absolute atomic E-state index is 11.3. The van der Waals surface area contributed by atoms with Crippen molar-refractivity contribution in [1.29, 1.82) is 0 Å². The standard InChI is InChI=1S/C12H10ClNO3/c1-2-16-12(15)11-14-10(7-17-11)8-3-5-9(13)6-4-8/h3-7H,2H2,1H3. The van der Waals surface area contributed by atoms with E-state index in [2.05, 4.69) is 4.98 Å². The van der Waals surface area contributed by atoms with E-state index in [-0.39, 0.29) is 12.5 Å². The number of carbonyl (C=O) groups excluding carboxylic acids is 1. The molecule has 17 heavy (non-hydrogen) atoms. The normalized spacial score (nSPS) is 10.2. The molecule has 0 atom stereocenters. The van der Waals surface area contributed by atoms with E-state index < -0.39 is 5.97 Å². The number of hydrogen-bond donors (Lipinski definition) is 0. The molecule has 0 N–H and O–H groups in total. The maximum atomic E-state index is 11.3. The van der Waals surface area contributed by atoms with E-state index in [9.17, 15) is 4.79 Å². The van der Waals surface area contributed by atoms with E-state index in [0.717, 1.165) is 5.56 Å². The van der Waals surface area contributed by atoms with E-state index >= 15 is 0 Å². The predicted molar refractivity (Wildman–Crippen MR) is 62.9 cm³/mol. The van der Waals surface area contributed by atoms with Crippen LogP contribution in [-0.2, 0) is 4.74 Å². The molecule has 0 saturated heterocycles. The largest absolute Gasteiger partial charge is 0.459 e. The fraction of sp³-hybridized carbons (Fsp3) is 0.167. The zero-order valence-electron chi connectivity index (χ0n) is 9.14. The van der Waals surface area contributed by atoms with Crippen molar-refractivity contribution in [3.8, 4) is 11.3 Å². The Morgan fingerprint density at radius 2 is 2.12 bits per heavy atom. The first kappa shape index (κ1) is 11.7. The Bertz CT molecular complexity index is 519. The van der Waals surface area contributed by atoms with Gasteiger partial charge in [0.05, 0.1) is 6.61 Å². The molecule has 1 heterocycles. The van der Waals surface area contributed by atoms with Gasteiger partial charge in [0, 0.05) is 10.6 Å². The number of ether oxygens (including phenoxy) is 1. The van der Waals surface area contributed by atoms with E-state index in [1.54, 1.807) is 31.2 Å². The number of oxazole rings is 1. The van der Waals surface area contributed by atoms with Crippen LogP contribution in [0.4, 0.5) is 0 Å². The molecule has 0 unspecified atom stereocenters. The van der Waals surface area contributed by atoms with Gasteiger partial charge in [0.25, 0.3) is 0 Å². The van der Waals surface area contributed by atoms with Crippen molar-refractivity contribution in [2.45, 2.75) is 6.92 Å². The van der Waals surface area contributed by atoms with Crippen molar-refractivity contribution < 1.29 is 13.9 Å². The number of halogens is 1. The van der Waals surface area contributed by atoms with Crippen LogP contribution >= 0.6 is 11.6 Å². The lowest BCUT2D eigenvalue weighted by Crippen LogP contribution is -2.04. The van der Waals surface area contributed by atoms with E-state index in [1.165, 1.54) is 6.26 Å². The van der Waals surface area contributed by atoms with Crippen LogP contribution in [0, 0.1) is 0 Å². The molecule has 88 valence electrons. The topological polar surface area (TPSA) is 52.3 Å². The average molecular weight is 252 g/mol. The fourth-order valence-electron chi connectivity index (χ4n) is 1.31. The van der Waals surface area contributed by atoms with Crippen molar-refractivity contribution in [2.75, 3.05) is 6.61 Å². The Hall–Kier alpha value is -1.81. The fourth-order valence-corrected chi connectivity index (χ4v) is 1.44. The number of benzene rings is 1. The van der Waals surface area contributed by atoms with Gasteiger partial charge >= 0.3 is 11.9 Å². The molecule has 2 rings (SSSR count). The molecule has 0 spiro atoms. The van der Waals surface area contributed by atoms with Crippen LogP contribution in [0.1, 0.15) is 17.6 Å².